The Morgan fingerprint density at radius 3 is 1.91 bits per heavy atom. The zero-order chi connectivity index (χ0) is 7.11. The minimum Gasteiger partial charge on any atom is -1.00 e. The molecule has 66 valence electrons. The summed E-state index contributed by atoms with van der Waals surface area (Å²) in [5, 5.41) is 0.935. The molecule has 0 rings (SSSR count). The molecule has 0 unspecified atom stereocenters. The van der Waals surface area contributed by atoms with Crippen molar-refractivity contribution in [2.75, 3.05) is 18.4 Å². The van der Waals surface area contributed by atoms with Crippen LogP contribution in [0.5, 0.6) is 0 Å². The molecule has 0 aromatic carbocycles. The molecule has 0 aliphatic carbocycles. The average molecular weight is 254 g/mol. The molecule has 0 atom stereocenters. The Bertz CT molecular complexity index is 62.4. The van der Waals surface area contributed by atoms with Crippen molar-refractivity contribution in [3.63, 3.8) is 0 Å². The summed E-state index contributed by atoms with van der Waals surface area (Å²) < 4.78 is 5.20. The fourth-order valence-electron chi connectivity index (χ4n) is 0.365. The van der Waals surface area contributed by atoms with Crippen LogP contribution in [0.2, 0.25) is 5.28 Å². The van der Waals surface area contributed by atoms with Gasteiger partial charge in [-0.25, -0.2) is 0 Å². The van der Waals surface area contributed by atoms with Gasteiger partial charge in [-0.2, -0.15) is 0 Å². The summed E-state index contributed by atoms with van der Waals surface area (Å²) in [5.74, 6) is 0.961. The molecule has 0 saturated heterocycles. The van der Waals surface area contributed by atoms with Gasteiger partial charge in [0, 0.05) is 0 Å². The number of alkyl halides is 2. The molecule has 0 aliphatic rings. The van der Waals surface area contributed by atoms with Gasteiger partial charge in [-0.05, 0) is 0 Å². The van der Waals surface area contributed by atoms with E-state index in [1.165, 1.54) is 0 Å². The maximum atomic E-state index is 5.49. The molecule has 0 amide bonds. The fourth-order valence-corrected chi connectivity index (χ4v) is 1.01. The number of ether oxygens (including phenoxy) is 1. The van der Waals surface area contributed by atoms with Crippen LogP contribution in [0, 0.1) is 0 Å². The third-order valence-corrected chi connectivity index (χ3v) is 1.74. The Morgan fingerprint density at radius 1 is 1.18 bits per heavy atom. The van der Waals surface area contributed by atoms with E-state index in [1.54, 1.807) is 0 Å². The molecule has 0 N–H and O–H groups in total. The van der Waals surface area contributed by atoms with Gasteiger partial charge < -0.3 is 24.8 Å². The first-order valence-electron chi connectivity index (χ1n) is 2.78. The fraction of sp³-hybridized carbons (Fsp3) is 1.00. The molecule has 0 bridgehead atoms. The van der Waals surface area contributed by atoms with Crippen molar-refractivity contribution in [2.45, 2.75) is 11.4 Å². The molecular weight excluding hydrogens is 245 g/mol. The second kappa shape index (κ2) is 14.2. The topological polar surface area (TPSA) is 9.23 Å². The number of hydrogen-bond acceptors (Lipinski definition) is 1. The molecule has 11 heavy (non-hydrogen) atoms. The first kappa shape index (κ1) is 18.4. The van der Waals surface area contributed by atoms with Gasteiger partial charge in [-0.1, -0.05) is 0 Å². The molecular formula is C5H9AlCl4O. The first-order chi connectivity index (χ1) is 4.35. The van der Waals surface area contributed by atoms with Crippen LogP contribution in [-0.2, 0) is 4.74 Å². The summed E-state index contributed by atoms with van der Waals surface area (Å²) in [5.41, 5.74) is 0. The van der Waals surface area contributed by atoms with E-state index in [9.17, 15) is 0 Å². The minimum atomic E-state index is 0. The molecule has 6 heteroatoms. The van der Waals surface area contributed by atoms with E-state index < -0.39 is 0 Å². The van der Waals surface area contributed by atoms with Gasteiger partial charge in [0.2, 0.25) is 0 Å². The van der Waals surface area contributed by atoms with E-state index in [0.717, 1.165) is 11.9 Å². The molecule has 0 radical (unpaired) electrons. The predicted molar refractivity (Wildman–Crippen MR) is 41.7 cm³/mol. The molecule has 0 heterocycles. The van der Waals surface area contributed by atoms with Gasteiger partial charge in [0.05, 0.1) is 0 Å². The number of halogens is 4. The Morgan fingerprint density at radius 2 is 1.64 bits per heavy atom. The molecule has 0 saturated carbocycles. The zero-order valence-corrected chi connectivity index (χ0v) is 10.1. The monoisotopic (exact) mass is 252 g/mol. The van der Waals surface area contributed by atoms with Crippen LogP contribution in [-0.4, -0.2) is 40.8 Å². The number of hydrogen-bond donors (Lipinski definition) is 0. The van der Waals surface area contributed by atoms with Crippen molar-refractivity contribution in [2.24, 2.45) is 0 Å². The van der Waals surface area contributed by atoms with Gasteiger partial charge >= 0.3 is 74.0 Å². The van der Waals surface area contributed by atoms with Gasteiger partial charge in [0.15, 0.2) is 0 Å². The van der Waals surface area contributed by atoms with E-state index in [2.05, 4.69) is 16.3 Å². The second-order valence-corrected chi connectivity index (χ2v) is 2.78. The van der Waals surface area contributed by atoms with E-state index in [0.29, 0.717) is 11.8 Å². The van der Waals surface area contributed by atoms with Crippen LogP contribution in [0.3, 0.4) is 0 Å². The van der Waals surface area contributed by atoms with Crippen LogP contribution in [0.4, 0.5) is 0 Å². The molecule has 0 aliphatic heterocycles. The molecule has 0 fully saturated rings. The summed E-state index contributed by atoms with van der Waals surface area (Å²) in [6, 6.07) is 0. The van der Waals surface area contributed by atoms with Gasteiger partial charge in [0.25, 0.3) is 0 Å². The maximum Gasteiger partial charge on any atom is -1.00 e. The van der Waals surface area contributed by atoms with Crippen LogP contribution >= 0.6 is 23.2 Å². The largest absolute Gasteiger partial charge is 1.00 e. The first-order valence-corrected chi connectivity index (χ1v) is 4.67. The van der Waals surface area contributed by atoms with Gasteiger partial charge in [0.1, 0.15) is 0 Å². The van der Waals surface area contributed by atoms with E-state index in [4.69, 9.17) is 27.9 Å². The predicted octanol–water partition coefficient (Wildman–Crippen LogP) is -4.56. The smallest absolute Gasteiger partial charge is 1.00 e. The summed E-state index contributed by atoms with van der Waals surface area (Å²) in [4.78, 5) is 0. The quantitative estimate of drug-likeness (QED) is 0.354. The Kier molecular flexibility index (Phi) is 23.8. The van der Waals surface area contributed by atoms with Crippen molar-refractivity contribution in [1.29, 1.82) is 0 Å². The van der Waals surface area contributed by atoms with E-state index >= 15 is 0 Å². The third kappa shape index (κ3) is 11.7. The van der Waals surface area contributed by atoms with Crippen molar-refractivity contribution in [3.8, 4) is 0 Å². The normalized spacial score (nSPS) is 8.82. The van der Waals surface area contributed by atoms with Crippen LogP contribution in [0.1, 0.15) is 0 Å². The van der Waals surface area contributed by atoms with Gasteiger partial charge in [-0.3, -0.25) is 0 Å². The van der Waals surface area contributed by atoms with Crippen LogP contribution in [0.25, 0.3) is 0 Å². The Hall–Kier alpha value is 1.65. The standard InChI is InChI=1S/C5H9Cl2O.Al.2ClH/c1-2-8-5(3-6)4-7;;;/h5H,1-4H2;;2*1H/q;+2;;/p-2. The summed E-state index contributed by atoms with van der Waals surface area (Å²) in [6.07, 6.45) is 0.0221. The van der Waals surface area contributed by atoms with Crippen molar-refractivity contribution in [1.82, 2.24) is 0 Å². The number of rotatable bonds is 5. The van der Waals surface area contributed by atoms with Crippen molar-refractivity contribution < 1.29 is 29.6 Å². The molecule has 1 nitrogen and oxygen atoms in total. The Labute approximate surface area is 98.4 Å². The zero-order valence-electron chi connectivity index (χ0n) is 5.90. The average Bonchev–Trinajstić information content (AvgIpc) is 1.91. The second-order valence-electron chi connectivity index (χ2n) is 1.59. The van der Waals surface area contributed by atoms with Crippen LogP contribution in [0.15, 0.2) is 0 Å². The van der Waals surface area contributed by atoms with Crippen molar-refractivity contribution >= 4 is 39.5 Å². The minimum absolute atomic E-state index is 0. The molecule has 0 aromatic rings. The summed E-state index contributed by atoms with van der Waals surface area (Å²) >= 11 is 13.5. The van der Waals surface area contributed by atoms with E-state index in [-0.39, 0.29) is 30.9 Å². The maximum absolute atomic E-state index is 5.49. The van der Waals surface area contributed by atoms with Crippen molar-refractivity contribution in [3.05, 3.63) is 0 Å². The molecule has 0 aromatic heterocycles. The van der Waals surface area contributed by atoms with Gasteiger partial charge in [-0.15, -0.1) is 0 Å². The third-order valence-electron chi connectivity index (χ3n) is 0.816. The summed E-state index contributed by atoms with van der Waals surface area (Å²) in [6.45, 7) is 0.717. The molecule has 0 spiro atoms. The Balaban J connectivity index is -0.000000320. The van der Waals surface area contributed by atoms with E-state index in [1.807, 2.05) is 0 Å². The van der Waals surface area contributed by atoms with Crippen LogP contribution < -0.4 is 24.8 Å². The summed E-state index contributed by atoms with van der Waals surface area (Å²) in [7, 11) is 0. The SMILES string of the molecule is [Al+2][CH2]COC(CCl)CCl.[Cl-].[Cl-].